The summed E-state index contributed by atoms with van der Waals surface area (Å²) in [4.78, 5) is 10.2. The van der Waals surface area contributed by atoms with Gasteiger partial charge in [0.15, 0.2) is 5.65 Å². The Hall–Kier alpha value is -3.78. The van der Waals surface area contributed by atoms with Gasteiger partial charge in [0.05, 0.1) is 5.35 Å². The standard InChI is InChI=1S/C38H42N2/c1-17(2)22(11)30-28(20(7)8)35-29(21(9)10)33-26(18(3)4)15-16-27(19(5)6)34(33)32-25(14)40-38-37(36(32)35)31(30)23(12)24(13)39-38/h15-16,18-19H,1,7,9,14H2,2-6,8,10-13H3/b30-22+. The minimum Gasteiger partial charge on any atom is -0.233 e. The molecule has 204 valence electrons. The Bertz CT molecular complexity index is 2070. The average Bonchev–Trinajstić information content (AvgIpc) is 2.86. The number of allylic oxidation sites excluding steroid dienone is 3. The molecule has 0 bridgehead atoms. The molecule has 2 heteroatoms. The van der Waals surface area contributed by atoms with Crippen molar-refractivity contribution in [2.24, 2.45) is 0 Å². The van der Waals surface area contributed by atoms with Gasteiger partial charge in [-0.1, -0.05) is 71.7 Å². The van der Waals surface area contributed by atoms with Gasteiger partial charge in [0.1, 0.15) is 0 Å². The molecule has 0 N–H and O–H groups in total. The molecule has 0 aliphatic carbocycles. The molecular formula is C38H42N2. The molecule has 2 aromatic heterocycles. The Labute approximate surface area is 238 Å². The second-order valence-corrected chi connectivity index (χ2v) is 12.5. The van der Waals surface area contributed by atoms with Crippen molar-refractivity contribution in [2.75, 3.05) is 0 Å². The molecule has 0 fully saturated rings. The molecule has 0 radical (unpaired) electrons. The van der Waals surface area contributed by atoms with Gasteiger partial charge in [0.2, 0.25) is 0 Å². The van der Waals surface area contributed by atoms with Crippen molar-refractivity contribution in [2.45, 2.75) is 81.1 Å². The Morgan fingerprint density at radius 2 is 1.20 bits per heavy atom. The fraction of sp³-hybridized carbons (Fsp3) is 0.316. The van der Waals surface area contributed by atoms with Crippen LogP contribution < -0.4 is 10.6 Å². The Balaban J connectivity index is 2.46. The third-order valence-corrected chi connectivity index (χ3v) is 8.83. The van der Waals surface area contributed by atoms with Gasteiger partial charge in [-0.15, -0.1) is 0 Å². The lowest BCUT2D eigenvalue weighted by Crippen LogP contribution is -2.20. The predicted octanol–water partition coefficient (Wildman–Crippen LogP) is 9.61. The molecule has 2 nitrogen and oxygen atoms in total. The van der Waals surface area contributed by atoms with E-state index in [4.69, 9.17) is 9.97 Å². The monoisotopic (exact) mass is 526 g/mol. The van der Waals surface area contributed by atoms with E-state index in [0.717, 1.165) is 44.2 Å². The molecular weight excluding hydrogens is 484 g/mol. The van der Waals surface area contributed by atoms with Crippen molar-refractivity contribution in [1.29, 1.82) is 0 Å². The van der Waals surface area contributed by atoms with Gasteiger partial charge in [-0.2, -0.15) is 0 Å². The van der Waals surface area contributed by atoms with E-state index in [1.807, 2.05) is 0 Å². The molecule has 0 spiro atoms. The van der Waals surface area contributed by atoms with E-state index in [-0.39, 0.29) is 0 Å². The van der Waals surface area contributed by atoms with Crippen molar-refractivity contribution in [3.05, 3.63) is 81.5 Å². The van der Waals surface area contributed by atoms with Crippen LogP contribution in [0.1, 0.15) is 101 Å². The maximum Gasteiger partial charge on any atom is 0.161 e. The smallest absolute Gasteiger partial charge is 0.161 e. The first-order valence-electron chi connectivity index (χ1n) is 14.4. The van der Waals surface area contributed by atoms with Crippen LogP contribution in [0.15, 0.2) is 37.4 Å². The number of rotatable bonds is 5. The van der Waals surface area contributed by atoms with Crippen LogP contribution in [0.2, 0.25) is 0 Å². The van der Waals surface area contributed by atoms with Crippen LogP contribution in [0, 0.1) is 13.8 Å². The second-order valence-electron chi connectivity index (χ2n) is 12.5. The molecule has 0 saturated carbocycles. The van der Waals surface area contributed by atoms with Crippen LogP contribution in [0.5, 0.6) is 0 Å². The summed E-state index contributed by atoms with van der Waals surface area (Å²) in [5, 5.41) is 10.3. The van der Waals surface area contributed by atoms with Crippen molar-refractivity contribution < 1.29 is 0 Å². The minimum atomic E-state index is 0.330. The average molecular weight is 527 g/mol. The van der Waals surface area contributed by atoms with Crippen LogP contribution in [0.25, 0.3) is 66.6 Å². The Kier molecular flexibility index (Phi) is 6.53. The number of hydrogen-bond acceptors (Lipinski definition) is 2. The summed E-state index contributed by atoms with van der Waals surface area (Å²) in [5.41, 5.74) is 12.2. The summed E-state index contributed by atoms with van der Waals surface area (Å²) >= 11 is 0. The van der Waals surface area contributed by atoms with Crippen LogP contribution >= 0.6 is 0 Å². The zero-order valence-electron chi connectivity index (χ0n) is 26.0. The molecule has 0 aliphatic rings. The van der Waals surface area contributed by atoms with E-state index in [1.165, 1.54) is 65.5 Å². The molecule has 0 saturated heterocycles. The summed E-state index contributed by atoms with van der Waals surface area (Å²) in [5.74, 6) is 0.663. The highest BCUT2D eigenvalue weighted by Gasteiger charge is 2.28. The fourth-order valence-electron chi connectivity index (χ4n) is 6.71. The molecule has 3 aromatic carbocycles. The van der Waals surface area contributed by atoms with Crippen molar-refractivity contribution in [1.82, 2.24) is 9.97 Å². The SMILES string of the molecule is C=C(C)/C(C)=c1\c(C(=C)C)c2c(C(=C)C)c3c(C(C)C)ccc(C(C)C)c3c3c(=C)nc4nc(C)c(C)c1c4c23. The topological polar surface area (TPSA) is 25.8 Å². The van der Waals surface area contributed by atoms with Gasteiger partial charge in [-0.05, 0) is 125 Å². The number of aromatic nitrogens is 2. The van der Waals surface area contributed by atoms with E-state index >= 15 is 0 Å². The Morgan fingerprint density at radius 3 is 1.70 bits per heavy atom. The van der Waals surface area contributed by atoms with Gasteiger partial charge in [-0.25, -0.2) is 9.97 Å². The molecule has 5 aromatic rings. The third kappa shape index (κ3) is 3.69. The van der Waals surface area contributed by atoms with E-state index in [2.05, 4.69) is 108 Å². The number of hydrogen-bond donors (Lipinski definition) is 0. The van der Waals surface area contributed by atoms with Crippen molar-refractivity contribution >= 4 is 66.6 Å². The van der Waals surface area contributed by atoms with Crippen molar-refractivity contribution in [3.8, 4) is 0 Å². The number of pyridine rings is 2. The highest BCUT2D eigenvalue weighted by molar-refractivity contribution is 6.33. The maximum absolute atomic E-state index is 5.13. The highest BCUT2D eigenvalue weighted by atomic mass is 14.9. The molecule has 0 amide bonds. The summed E-state index contributed by atoms with van der Waals surface area (Å²) in [7, 11) is 0. The van der Waals surface area contributed by atoms with E-state index in [1.54, 1.807) is 0 Å². The number of benzene rings is 3. The second kappa shape index (κ2) is 9.41. The number of fused-ring (bicyclic) bond motifs is 2. The number of aryl methyl sites for hydroxylation is 2. The predicted molar refractivity (Wildman–Crippen MR) is 179 cm³/mol. The normalized spacial score (nSPS) is 13.0. The largest absolute Gasteiger partial charge is 0.233 e. The van der Waals surface area contributed by atoms with Crippen LogP contribution in [0.4, 0.5) is 0 Å². The van der Waals surface area contributed by atoms with Gasteiger partial charge in [0.25, 0.3) is 0 Å². The molecule has 2 heterocycles. The van der Waals surface area contributed by atoms with E-state index in [0.29, 0.717) is 11.8 Å². The quantitative estimate of drug-likeness (QED) is 0.168. The third-order valence-electron chi connectivity index (χ3n) is 8.83. The lowest BCUT2D eigenvalue weighted by atomic mass is 9.77. The lowest BCUT2D eigenvalue weighted by Gasteiger charge is -2.27. The van der Waals surface area contributed by atoms with Crippen LogP contribution in [-0.2, 0) is 0 Å². The molecule has 0 unspecified atom stereocenters. The first-order valence-corrected chi connectivity index (χ1v) is 14.4. The Morgan fingerprint density at radius 1 is 0.650 bits per heavy atom. The van der Waals surface area contributed by atoms with Gasteiger partial charge in [-0.3, -0.25) is 0 Å². The van der Waals surface area contributed by atoms with Crippen LogP contribution in [-0.4, -0.2) is 9.97 Å². The van der Waals surface area contributed by atoms with E-state index < -0.39 is 0 Å². The summed E-state index contributed by atoms with van der Waals surface area (Å²) < 4.78 is 0. The van der Waals surface area contributed by atoms with Gasteiger partial charge >= 0.3 is 0 Å². The summed E-state index contributed by atoms with van der Waals surface area (Å²) in [6, 6.07) is 4.64. The molecule has 5 rings (SSSR count). The maximum atomic E-state index is 5.13. The van der Waals surface area contributed by atoms with Gasteiger partial charge in [0, 0.05) is 21.9 Å². The zero-order valence-corrected chi connectivity index (χ0v) is 26.0. The molecule has 0 atom stereocenters. The van der Waals surface area contributed by atoms with Crippen molar-refractivity contribution in [3.63, 3.8) is 0 Å². The van der Waals surface area contributed by atoms with Crippen LogP contribution in [0.3, 0.4) is 0 Å². The fourth-order valence-corrected chi connectivity index (χ4v) is 6.71. The minimum absolute atomic E-state index is 0.330. The first kappa shape index (κ1) is 27.8. The van der Waals surface area contributed by atoms with Gasteiger partial charge < -0.3 is 0 Å². The zero-order chi connectivity index (χ0) is 29.5. The molecule has 0 aliphatic heterocycles. The lowest BCUT2D eigenvalue weighted by molar-refractivity contribution is 0.860. The first-order chi connectivity index (χ1) is 18.7. The van der Waals surface area contributed by atoms with E-state index in [9.17, 15) is 0 Å². The summed E-state index contributed by atoms with van der Waals surface area (Å²) in [6.45, 7) is 40.0. The number of nitrogens with zero attached hydrogens (tertiary/aromatic N) is 2. The molecule has 40 heavy (non-hydrogen) atoms. The summed E-state index contributed by atoms with van der Waals surface area (Å²) in [6.07, 6.45) is 0. The highest BCUT2D eigenvalue weighted by Crippen LogP contribution is 2.47.